The Bertz CT molecular complexity index is 322. The van der Waals surface area contributed by atoms with E-state index in [1.807, 2.05) is 0 Å². The van der Waals surface area contributed by atoms with Crippen LogP contribution in [-0.2, 0) is 19.2 Å². The third kappa shape index (κ3) is 6.97. The average Bonchev–Trinajstić information content (AvgIpc) is 2.10. The fourth-order valence-electron chi connectivity index (χ4n) is 1.39. The minimum Gasteiger partial charge on any atom is -0.481 e. The summed E-state index contributed by atoms with van der Waals surface area (Å²) in [5.41, 5.74) is -3.36. The standard InChI is InChI=1S/C8H10O8.4Na/c1-2-3(4(9)10)8(5(11)12,6(13)14)7(15)16;;;;/h3H,2H2,1H3,(H,9,10)(H,11,12)(H,13,14)(H,15,16);;;;. The molecule has 0 fully saturated rings. The van der Waals surface area contributed by atoms with E-state index >= 15 is 0 Å². The van der Waals surface area contributed by atoms with Crippen LogP contribution in [0, 0.1) is 11.3 Å². The molecule has 4 N–H and O–H groups in total. The van der Waals surface area contributed by atoms with Crippen molar-refractivity contribution in [3.05, 3.63) is 0 Å². The number of hydrogen-bond acceptors (Lipinski definition) is 4. The van der Waals surface area contributed by atoms with E-state index in [0.29, 0.717) is 0 Å². The SMILES string of the molecule is CCC(C(=O)O)C(C(=O)O)(C(=O)O)C(=O)O.[Na].[Na].[Na].[Na]. The topological polar surface area (TPSA) is 149 Å². The Kier molecular flexibility index (Phi) is 24.2. The van der Waals surface area contributed by atoms with Crippen LogP contribution < -0.4 is 0 Å². The third-order valence-electron chi connectivity index (χ3n) is 2.24. The second kappa shape index (κ2) is 14.5. The summed E-state index contributed by atoms with van der Waals surface area (Å²) in [5, 5.41) is 34.7. The summed E-state index contributed by atoms with van der Waals surface area (Å²) in [4.78, 5) is 43.1. The number of carboxylic acid groups (broad SMARTS) is 4. The number of hydrogen-bond donors (Lipinski definition) is 4. The second-order valence-corrected chi connectivity index (χ2v) is 3.02. The molecular weight excluding hydrogens is 316 g/mol. The maximum Gasteiger partial charge on any atom is 0.333 e. The maximum atomic E-state index is 10.8. The molecule has 4 radical (unpaired) electrons. The molecule has 1 unspecified atom stereocenters. The van der Waals surface area contributed by atoms with Crippen molar-refractivity contribution in [3.63, 3.8) is 0 Å². The molecule has 0 bridgehead atoms. The van der Waals surface area contributed by atoms with Crippen molar-refractivity contribution < 1.29 is 39.6 Å². The predicted octanol–water partition coefficient (Wildman–Crippen LogP) is -2.19. The maximum absolute atomic E-state index is 10.8. The third-order valence-corrected chi connectivity index (χ3v) is 2.24. The molecular formula is C8H10Na4O8. The van der Waals surface area contributed by atoms with Crippen LogP contribution in [0.2, 0.25) is 0 Å². The number of aliphatic carboxylic acids is 4. The van der Waals surface area contributed by atoms with Crippen LogP contribution in [0.4, 0.5) is 0 Å². The van der Waals surface area contributed by atoms with E-state index in [9.17, 15) is 19.2 Å². The van der Waals surface area contributed by atoms with Crippen molar-refractivity contribution in [2.24, 2.45) is 11.3 Å². The fourth-order valence-corrected chi connectivity index (χ4v) is 1.39. The largest absolute Gasteiger partial charge is 0.481 e. The van der Waals surface area contributed by atoms with Crippen molar-refractivity contribution in [1.82, 2.24) is 0 Å². The molecule has 0 aliphatic carbocycles. The van der Waals surface area contributed by atoms with Gasteiger partial charge >= 0.3 is 23.9 Å². The molecule has 8 nitrogen and oxygen atoms in total. The van der Waals surface area contributed by atoms with Gasteiger partial charge in [-0.3, -0.25) is 19.2 Å². The van der Waals surface area contributed by atoms with Crippen molar-refractivity contribution in [2.75, 3.05) is 0 Å². The molecule has 94 valence electrons. The Labute approximate surface area is 203 Å². The molecule has 0 aromatic carbocycles. The fraction of sp³-hybridized carbons (Fsp3) is 0.500. The minimum atomic E-state index is -3.36. The zero-order valence-corrected chi connectivity index (χ0v) is 20.2. The van der Waals surface area contributed by atoms with Crippen molar-refractivity contribution in [2.45, 2.75) is 13.3 Å². The van der Waals surface area contributed by atoms with Crippen LogP contribution >= 0.6 is 0 Å². The Morgan fingerprint density at radius 2 is 1.05 bits per heavy atom. The van der Waals surface area contributed by atoms with Gasteiger partial charge in [0.1, 0.15) is 0 Å². The first-order chi connectivity index (χ1) is 7.22. The van der Waals surface area contributed by atoms with Gasteiger partial charge in [0.2, 0.25) is 0 Å². The first-order valence-corrected chi connectivity index (χ1v) is 4.15. The monoisotopic (exact) mass is 326 g/mol. The Hall–Kier alpha value is 1.88. The molecule has 0 aromatic rings. The van der Waals surface area contributed by atoms with Crippen molar-refractivity contribution in [3.8, 4) is 0 Å². The molecule has 0 saturated heterocycles. The molecule has 0 saturated carbocycles. The normalized spacial score (nSPS) is 10.2. The Morgan fingerprint density at radius 1 is 0.800 bits per heavy atom. The van der Waals surface area contributed by atoms with Crippen molar-refractivity contribution >= 4 is 142 Å². The van der Waals surface area contributed by atoms with Gasteiger partial charge in [0, 0.05) is 118 Å². The van der Waals surface area contributed by atoms with Crippen LogP contribution in [0.25, 0.3) is 0 Å². The molecule has 20 heavy (non-hydrogen) atoms. The molecule has 1 atom stereocenters. The number of rotatable bonds is 6. The Balaban J connectivity index is -0.000000187. The summed E-state index contributed by atoms with van der Waals surface area (Å²) >= 11 is 0. The van der Waals surface area contributed by atoms with E-state index < -0.39 is 41.6 Å². The summed E-state index contributed by atoms with van der Waals surface area (Å²) in [6.07, 6.45) is -0.430. The first kappa shape index (κ1) is 33.5. The van der Waals surface area contributed by atoms with E-state index in [0.717, 1.165) is 0 Å². The van der Waals surface area contributed by atoms with Crippen LogP contribution in [0.1, 0.15) is 13.3 Å². The van der Waals surface area contributed by atoms with Crippen molar-refractivity contribution in [1.29, 1.82) is 0 Å². The zero-order chi connectivity index (χ0) is 13.1. The molecule has 12 heteroatoms. The molecule has 0 spiro atoms. The van der Waals surface area contributed by atoms with Gasteiger partial charge in [-0.1, -0.05) is 6.92 Å². The van der Waals surface area contributed by atoms with Gasteiger partial charge in [0.25, 0.3) is 5.41 Å². The van der Waals surface area contributed by atoms with Gasteiger partial charge < -0.3 is 20.4 Å². The molecule has 0 aliphatic heterocycles. The summed E-state index contributed by atoms with van der Waals surface area (Å²) in [7, 11) is 0. The van der Waals surface area contributed by atoms with Gasteiger partial charge in [-0.05, 0) is 6.42 Å². The first-order valence-electron chi connectivity index (χ1n) is 4.15. The second-order valence-electron chi connectivity index (χ2n) is 3.02. The molecule has 0 rings (SSSR count). The van der Waals surface area contributed by atoms with Gasteiger partial charge in [-0.2, -0.15) is 0 Å². The zero-order valence-electron chi connectivity index (χ0n) is 12.2. The quantitative estimate of drug-likeness (QED) is 0.318. The van der Waals surface area contributed by atoms with E-state index in [2.05, 4.69) is 0 Å². The van der Waals surface area contributed by atoms with Crippen LogP contribution in [0.3, 0.4) is 0 Å². The van der Waals surface area contributed by atoms with Crippen LogP contribution in [0.5, 0.6) is 0 Å². The smallest absolute Gasteiger partial charge is 0.333 e. The van der Waals surface area contributed by atoms with E-state index in [1.165, 1.54) is 6.92 Å². The van der Waals surface area contributed by atoms with Gasteiger partial charge in [0.05, 0.1) is 5.92 Å². The van der Waals surface area contributed by atoms with Crippen LogP contribution in [0.15, 0.2) is 0 Å². The number of carbonyl (C=O) groups is 4. The van der Waals surface area contributed by atoms with Crippen LogP contribution in [-0.4, -0.2) is 163 Å². The summed E-state index contributed by atoms with van der Waals surface area (Å²) in [5.74, 6) is -10.4. The predicted molar refractivity (Wildman–Crippen MR) is 69.8 cm³/mol. The average molecular weight is 326 g/mol. The van der Waals surface area contributed by atoms with Gasteiger partial charge in [-0.15, -0.1) is 0 Å². The van der Waals surface area contributed by atoms with E-state index in [4.69, 9.17) is 20.4 Å². The molecule has 0 amide bonds. The molecule has 0 heterocycles. The summed E-state index contributed by atoms with van der Waals surface area (Å²) in [6.45, 7) is 1.20. The minimum absolute atomic E-state index is 0. The van der Waals surface area contributed by atoms with Gasteiger partial charge in [-0.25, -0.2) is 0 Å². The summed E-state index contributed by atoms with van der Waals surface area (Å²) < 4.78 is 0. The Morgan fingerprint density at radius 3 is 1.10 bits per heavy atom. The van der Waals surface area contributed by atoms with E-state index in [1.54, 1.807) is 0 Å². The summed E-state index contributed by atoms with van der Waals surface area (Å²) in [6, 6.07) is 0. The molecule has 0 aliphatic rings. The van der Waals surface area contributed by atoms with E-state index in [-0.39, 0.29) is 118 Å². The number of carboxylic acids is 4. The molecule has 0 aromatic heterocycles. The van der Waals surface area contributed by atoms with Gasteiger partial charge in [0.15, 0.2) is 0 Å².